The predicted molar refractivity (Wildman–Crippen MR) is 57.7 cm³/mol. The zero-order valence-corrected chi connectivity index (χ0v) is 9.97. The minimum atomic E-state index is -3.96. The molecule has 0 saturated heterocycles. The molecule has 0 amide bonds. The quantitative estimate of drug-likeness (QED) is 0.508. The second kappa shape index (κ2) is 6.37. The highest BCUT2D eigenvalue weighted by Gasteiger charge is 2.25. The molecule has 86 valence electrons. The molecule has 2 N–H and O–H groups in total. The molecule has 0 heterocycles. The fourth-order valence-electron chi connectivity index (χ4n) is 1.30. The lowest BCUT2D eigenvalue weighted by molar-refractivity contribution is 0.407. The van der Waals surface area contributed by atoms with Crippen molar-refractivity contribution < 1.29 is 13.0 Å². The molecule has 5 heteroatoms. The van der Waals surface area contributed by atoms with Gasteiger partial charge in [0.05, 0.1) is 0 Å². The first-order valence-electron chi connectivity index (χ1n) is 5.09. The molecule has 0 fully saturated rings. The van der Waals surface area contributed by atoms with Crippen LogP contribution >= 0.6 is 0 Å². The molecule has 0 aromatic heterocycles. The van der Waals surface area contributed by atoms with Gasteiger partial charge in [-0.05, 0) is 18.9 Å². The van der Waals surface area contributed by atoms with E-state index in [-0.39, 0.29) is 5.92 Å². The Hall–Kier alpha value is -0.130. The molecule has 14 heavy (non-hydrogen) atoms. The molecular formula is C9H21NO3S. The van der Waals surface area contributed by atoms with Crippen molar-refractivity contribution in [2.24, 2.45) is 5.92 Å². The van der Waals surface area contributed by atoms with Gasteiger partial charge >= 0.3 is 0 Å². The van der Waals surface area contributed by atoms with Gasteiger partial charge in [0.2, 0.25) is 0 Å². The van der Waals surface area contributed by atoms with Crippen molar-refractivity contribution in [3.8, 4) is 0 Å². The van der Waals surface area contributed by atoms with Crippen LogP contribution in [0.5, 0.6) is 0 Å². The number of hydrogen-bond donors (Lipinski definition) is 2. The summed E-state index contributed by atoms with van der Waals surface area (Å²) in [5.41, 5.74) is 0. The lowest BCUT2D eigenvalue weighted by atomic mass is 10.2. The molecule has 0 radical (unpaired) electrons. The third-order valence-corrected chi connectivity index (χ3v) is 3.41. The van der Waals surface area contributed by atoms with Gasteiger partial charge in [-0.15, -0.1) is 0 Å². The minimum absolute atomic E-state index is 0.119. The van der Waals surface area contributed by atoms with E-state index in [9.17, 15) is 8.42 Å². The Balaban J connectivity index is 4.01. The standard InChI is InChI=1S/C9H21NO3S/c1-4-5-6-7-10-9(8(2)3)14(11,12)13/h8-10H,4-7H2,1-3H3,(H,11,12,13)/t9-/m0/s1. The second-order valence-electron chi connectivity index (χ2n) is 3.84. The Labute approximate surface area is 86.8 Å². The van der Waals surface area contributed by atoms with Crippen molar-refractivity contribution in [1.29, 1.82) is 0 Å². The first-order valence-corrected chi connectivity index (χ1v) is 6.59. The monoisotopic (exact) mass is 223 g/mol. The SMILES string of the molecule is CCCCCN[C@H](C(C)C)S(=O)(=O)O. The second-order valence-corrected chi connectivity index (χ2v) is 5.38. The average molecular weight is 223 g/mol. The molecule has 0 rings (SSSR count). The summed E-state index contributed by atoms with van der Waals surface area (Å²) >= 11 is 0. The normalized spacial score (nSPS) is 14.6. The highest BCUT2D eigenvalue weighted by atomic mass is 32.2. The van der Waals surface area contributed by atoms with E-state index in [1.54, 1.807) is 13.8 Å². The van der Waals surface area contributed by atoms with E-state index in [4.69, 9.17) is 4.55 Å². The molecule has 1 atom stereocenters. The van der Waals surface area contributed by atoms with Crippen LogP contribution in [-0.4, -0.2) is 24.9 Å². The van der Waals surface area contributed by atoms with Crippen molar-refractivity contribution in [1.82, 2.24) is 5.32 Å². The van der Waals surface area contributed by atoms with Crippen molar-refractivity contribution in [3.63, 3.8) is 0 Å². The van der Waals surface area contributed by atoms with Gasteiger partial charge < -0.3 is 0 Å². The van der Waals surface area contributed by atoms with Crippen molar-refractivity contribution in [3.05, 3.63) is 0 Å². The topological polar surface area (TPSA) is 66.4 Å². The lowest BCUT2D eigenvalue weighted by Gasteiger charge is -2.18. The molecule has 0 saturated carbocycles. The zero-order chi connectivity index (χ0) is 11.2. The minimum Gasteiger partial charge on any atom is -0.299 e. The molecule has 0 aromatic rings. The van der Waals surface area contributed by atoms with Crippen LogP contribution < -0.4 is 5.32 Å². The fourth-order valence-corrected chi connectivity index (χ4v) is 2.32. The van der Waals surface area contributed by atoms with Crippen LogP contribution in [0.3, 0.4) is 0 Å². The van der Waals surface area contributed by atoms with Crippen LogP contribution in [-0.2, 0) is 10.1 Å². The summed E-state index contributed by atoms with van der Waals surface area (Å²) in [6.45, 7) is 6.26. The molecular weight excluding hydrogens is 202 g/mol. The van der Waals surface area contributed by atoms with Crippen molar-refractivity contribution >= 4 is 10.1 Å². The summed E-state index contributed by atoms with van der Waals surface area (Å²) in [6, 6.07) is 0. The van der Waals surface area contributed by atoms with Crippen molar-refractivity contribution in [2.75, 3.05) is 6.54 Å². The third kappa shape index (κ3) is 5.57. The van der Waals surface area contributed by atoms with E-state index in [1.807, 2.05) is 0 Å². The summed E-state index contributed by atoms with van der Waals surface area (Å²) in [7, 11) is -3.96. The van der Waals surface area contributed by atoms with Gasteiger partial charge in [0.25, 0.3) is 10.1 Å². The van der Waals surface area contributed by atoms with E-state index in [2.05, 4.69) is 12.2 Å². The first kappa shape index (κ1) is 13.9. The fraction of sp³-hybridized carbons (Fsp3) is 1.00. The van der Waals surface area contributed by atoms with Crippen LogP contribution in [0.15, 0.2) is 0 Å². The average Bonchev–Trinajstić information content (AvgIpc) is 2.01. The number of nitrogens with one attached hydrogen (secondary N) is 1. The van der Waals surface area contributed by atoms with Gasteiger partial charge in [0.1, 0.15) is 5.37 Å². The summed E-state index contributed by atoms with van der Waals surface area (Å²) in [5.74, 6) is -0.119. The number of hydrogen-bond acceptors (Lipinski definition) is 3. The molecule has 0 aliphatic heterocycles. The Kier molecular flexibility index (Phi) is 6.31. The Morgan fingerprint density at radius 2 is 1.86 bits per heavy atom. The van der Waals surface area contributed by atoms with Gasteiger partial charge in [0, 0.05) is 0 Å². The largest absolute Gasteiger partial charge is 0.299 e. The highest BCUT2D eigenvalue weighted by Crippen LogP contribution is 2.08. The Morgan fingerprint density at radius 3 is 2.21 bits per heavy atom. The van der Waals surface area contributed by atoms with E-state index in [0.717, 1.165) is 19.3 Å². The van der Waals surface area contributed by atoms with Crippen LogP contribution in [0.1, 0.15) is 40.0 Å². The smallest absolute Gasteiger partial charge is 0.281 e. The summed E-state index contributed by atoms with van der Waals surface area (Å²) in [5, 5.41) is 2.02. The molecule has 0 unspecified atom stereocenters. The molecule has 0 aromatic carbocycles. The van der Waals surface area contributed by atoms with Gasteiger partial charge in [-0.25, -0.2) is 0 Å². The maximum atomic E-state index is 10.9. The van der Waals surface area contributed by atoms with Gasteiger partial charge in [-0.1, -0.05) is 33.6 Å². The Morgan fingerprint density at radius 1 is 1.29 bits per heavy atom. The van der Waals surface area contributed by atoms with E-state index in [1.165, 1.54) is 0 Å². The maximum absolute atomic E-state index is 10.9. The van der Waals surface area contributed by atoms with Crippen molar-refractivity contribution in [2.45, 2.75) is 45.4 Å². The molecule has 0 aliphatic carbocycles. The Bertz CT molecular complexity index is 236. The van der Waals surface area contributed by atoms with E-state index >= 15 is 0 Å². The molecule has 0 aliphatic rings. The predicted octanol–water partition coefficient (Wildman–Crippen LogP) is 1.64. The van der Waals surface area contributed by atoms with Gasteiger partial charge in [0.15, 0.2) is 0 Å². The molecule has 4 nitrogen and oxygen atoms in total. The number of unbranched alkanes of at least 4 members (excludes halogenated alkanes) is 2. The molecule has 0 spiro atoms. The van der Waals surface area contributed by atoms with Crippen LogP contribution in [0.2, 0.25) is 0 Å². The maximum Gasteiger partial charge on any atom is 0.281 e. The summed E-state index contributed by atoms with van der Waals surface area (Å²) < 4.78 is 30.8. The van der Waals surface area contributed by atoms with Crippen LogP contribution in [0.25, 0.3) is 0 Å². The van der Waals surface area contributed by atoms with Gasteiger partial charge in [-0.2, -0.15) is 8.42 Å². The molecule has 0 bridgehead atoms. The third-order valence-electron chi connectivity index (χ3n) is 2.05. The lowest BCUT2D eigenvalue weighted by Crippen LogP contribution is -2.41. The van der Waals surface area contributed by atoms with Crippen LogP contribution in [0, 0.1) is 5.92 Å². The first-order chi connectivity index (χ1) is 6.39. The van der Waals surface area contributed by atoms with E-state index in [0.29, 0.717) is 6.54 Å². The highest BCUT2D eigenvalue weighted by molar-refractivity contribution is 7.86. The zero-order valence-electron chi connectivity index (χ0n) is 9.16. The van der Waals surface area contributed by atoms with Crippen LogP contribution in [0.4, 0.5) is 0 Å². The van der Waals surface area contributed by atoms with E-state index < -0.39 is 15.5 Å². The summed E-state index contributed by atoms with van der Waals surface area (Å²) in [4.78, 5) is 0. The number of rotatable bonds is 7. The van der Waals surface area contributed by atoms with Gasteiger partial charge in [-0.3, -0.25) is 9.87 Å². The summed E-state index contributed by atoms with van der Waals surface area (Å²) in [6.07, 6.45) is 3.11.